The average Bonchev–Trinajstić information content (AvgIpc) is 2.26. The molecule has 0 bridgehead atoms. The maximum atomic E-state index is 11.0. The normalized spacial score (nSPS) is 11.2. The van der Waals surface area contributed by atoms with Crippen LogP contribution in [0.1, 0.15) is 13.8 Å². The van der Waals surface area contributed by atoms with Gasteiger partial charge in [0.15, 0.2) is 0 Å². The Morgan fingerprint density at radius 3 is 2.62 bits per heavy atom. The zero-order chi connectivity index (χ0) is 12.2. The molecule has 1 aromatic carbocycles. The van der Waals surface area contributed by atoms with E-state index < -0.39 is 11.4 Å². The van der Waals surface area contributed by atoms with Crippen molar-refractivity contribution in [2.24, 2.45) is 5.41 Å². The number of carboxylic acids is 1. The topological polar surface area (TPSA) is 49.3 Å². The fraction of sp³-hybridized carbons (Fsp3) is 0.417. The zero-order valence-electron chi connectivity index (χ0n) is 9.78. The van der Waals surface area contributed by atoms with E-state index in [2.05, 4.69) is 5.32 Å². The van der Waals surface area contributed by atoms with Gasteiger partial charge in [0.1, 0.15) is 0 Å². The van der Waals surface area contributed by atoms with Gasteiger partial charge < -0.3 is 10.4 Å². The van der Waals surface area contributed by atoms with E-state index in [4.69, 9.17) is 5.11 Å². The second-order valence-electron chi connectivity index (χ2n) is 4.24. The highest BCUT2D eigenvalue weighted by atomic mass is 32.2. The molecule has 0 atom stereocenters. The molecule has 0 aliphatic heterocycles. The molecular formula is C12H17NO2S. The number of carboxylic acid groups (broad SMARTS) is 1. The lowest BCUT2D eigenvalue weighted by molar-refractivity contribution is -0.146. The standard InChI is InChI=1S/C12H17NO2S/c1-12(2,11(14)15)8-13-9-6-4-5-7-10(9)16-3/h4-7,13H,8H2,1-3H3,(H,14,15). The van der Waals surface area contributed by atoms with Crippen LogP contribution in [0.2, 0.25) is 0 Å². The van der Waals surface area contributed by atoms with Crippen molar-refractivity contribution in [3.63, 3.8) is 0 Å². The highest BCUT2D eigenvalue weighted by Gasteiger charge is 2.26. The fourth-order valence-electron chi connectivity index (χ4n) is 1.18. The maximum absolute atomic E-state index is 11.0. The van der Waals surface area contributed by atoms with E-state index in [0.717, 1.165) is 10.6 Å². The lowest BCUT2D eigenvalue weighted by Gasteiger charge is -2.21. The monoisotopic (exact) mass is 239 g/mol. The summed E-state index contributed by atoms with van der Waals surface area (Å²) in [5.74, 6) is -0.790. The van der Waals surface area contributed by atoms with E-state index in [0.29, 0.717) is 6.54 Å². The van der Waals surface area contributed by atoms with Crippen LogP contribution >= 0.6 is 11.8 Å². The van der Waals surface area contributed by atoms with Gasteiger partial charge in [-0.3, -0.25) is 4.79 Å². The summed E-state index contributed by atoms with van der Waals surface area (Å²) in [7, 11) is 0. The SMILES string of the molecule is CSc1ccccc1NCC(C)(C)C(=O)O. The summed E-state index contributed by atoms with van der Waals surface area (Å²) >= 11 is 1.64. The third-order valence-corrected chi connectivity index (χ3v) is 3.20. The van der Waals surface area contributed by atoms with Crippen molar-refractivity contribution in [1.29, 1.82) is 0 Å². The van der Waals surface area contributed by atoms with Crippen LogP contribution < -0.4 is 5.32 Å². The van der Waals surface area contributed by atoms with E-state index in [1.54, 1.807) is 25.6 Å². The molecule has 0 fully saturated rings. The first-order valence-electron chi connectivity index (χ1n) is 5.07. The van der Waals surface area contributed by atoms with Crippen LogP contribution in [0, 0.1) is 5.41 Å². The first-order chi connectivity index (χ1) is 7.47. The molecule has 0 spiro atoms. The van der Waals surface area contributed by atoms with Crippen LogP contribution in [0.25, 0.3) is 0 Å². The van der Waals surface area contributed by atoms with Crippen LogP contribution in [0.4, 0.5) is 5.69 Å². The minimum absolute atomic E-state index is 0.417. The summed E-state index contributed by atoms with van der Waals surface area (Å²) in [5, 5.41) is 12.2. The van der Waals surface area contributed by atoms with Gasteiger partial charge in [-0.15, -0.1) is 11.8 Å². The lowest BCUT2D eigenvalue weighted by atomic mass is 9.94. The summed E-state index contributed by atoms with van der Waals surface area (Å²) in [4.78, 5) is 12.1. The number of thioether (sulfide) groups is 1. The second kappa shape index (κ2) is 5.25. The molecule has 16 heavy (non-hydrogen) atoms. The van der Waals surface area contributed by atoms with E-state index in [1.165, 1.54) is 0 Å². The number of anilines is 1. The van der Waals surface area contributed by atoms with Crippen molar-refractivity contribution >= 4 is 23.4 Å². The Morgan fingerprint density at radius 1 is 1.44 bits per heavy atom. The quantitative estimate of drug-likeness (QED) is 0.776. The molecule has 0 amide bonds. The van der Waals surface area contributed by atoms with Crippen LogP contribution in [0.5, 0.6) is 0 Å². The highest BCUT2D eigenvalue weighted by molar-refractivity contribution is 7.98. The Morgan fingerprint density at radius 2 is 2.06 bits per heavy atom. The molecular weight excluding hydrogens is 222 g/mol. The van der Waals surface area contributed by atoms with E-state index in [9.17, 15) is 4.79 Å². The molecule has 0 saturated carbocycles. The highest BCUT2D eigenvalue weighted by Crippen LogP contribution is 2.26. The number of para-hydroxylation sites is 1. The van der Waals surface area contributed by atoms with Gasteiger partial charge in [0.05, 0.1) is 5.41 Å². The number of hydrogen-bond donors (Lipinski definition) is 2. The molecule has 88 valence electrons. The van der Waals surface area contributed by atoms with Crippen LogP contribution in [-0.4, -0.2) is 23.9 Å². The smallest absolute Gasteiger partial charge is 0.310 e. The molecule has 0 aromatic heterocycles. The summed E-state index contributed by atoms with van der Waals surface area (Å²) in [6, 6.07) is 7.89. The van der Waals surface area contributed by atoms with Crippen LogP contribution in [-0.2, 0) is 4.79 Å². The van der Waals surface area contributed by atoms with Gasteiger partial charge in [0, 0.05) is 17.1 Å². The summed E-state index contributed by atoms with van der Waals surface area (Å²) < 4.78 is 0. The molecule has 0 aliphatic rings. The largest absolute Gasteiger partial charge is 0.481 e. The van der Waals surface area contributed by atoms with E-state index >= 15 is 0 Å². The minimum Gasteiger partial charge on any atom is -0.481 e. The second-order valence-corrected chi connectivity index (χ2v) is 5.09. The van der Waals surface area contributed by atoms with Crippen molar-refractivity contribution in [3.05, 3.63) is 24.3 Å². The van der Waals surface area contributed by atoms with Gasteiger partial charge in [-0.25, -0.2) is 0 Å². The predicted octanol–water partition coefficient (Wildman–Crippen LogP) is 2.93. The average molecular weight is 239 g/mol. The predicted molar refractivity (Wildman–Crippen MR) is 68.1 cm³/mol. The van der Waals surface area contributed by atoms with Gasteiger partial charge in [-0.05, 0) is 32.2 Å². The van der Waals surface area contributed by atoms with E-state index in [-0.39, 0.29) is 0 Å². The van der Waals surface area contributed by atoms with Crippen molar-refractivity contribution in [3.8, 4) is 0 Å². The third-order valence-electron chi connectivity index (χ3n) is 2.41. The number of rotatable bonds is 5. The molecule has 4 heteroatoms. The van der Waals surface area contributed by atoms with Gasteiger partial charge in [0.2, 0.25) is 0 Å². The Labute approximate surface area is 100 Å². The maximum Gasteiger partial charge on any atom is 0.310 e. The first-order valence-corrected chi connectivity index (χ1v) is 6.30. The van der Waals surface area contributed by atoms with Gasteiger partial charge in [0.25, 0.3) is 0 Å². The van der Waals surface area contributed by atoms with Crippen LogP contribution in [0.15, 0.2) is 29.2 Å². The van der Waals surface area contributed by atoms with Gasteiger partial charge in [-0.2, -0.15) is 0 Å². The molecule has 0 aliphatic carbocycles. The summed E-state index contributed by atoms with van der Waals surface area (Å²) in [5.41, 5.74) is 0.232. The first kappa shape index (κ1) is 12.9. The molecule has 0 radical (unpaired) electrons. The number of aliphatic carboxylic acids is 1. The Hall–Kier alpha value is -1.16. The Bertz CT molecular complexity index is 377. The third kappa shape index (κ3) is 3.17. The van der Waals surface area contributed by atoms with Gasteiger partial charge >= 0.3 is 5.97 Å². The zero-order valence-corrected chi connectivity index (χ0v) is 10.6. The number of carbonyl (C=O) groups is 1. The number of nitrogens with one attached hydrogen (secondary N) is 1. The molecule has 0 saturated heterocycles. The molecule has 1 aromatic rings. The molecule has 1 rings (SSSR count). The molecule has 2 N–H and O–H groups in total. The fourth-order valence-corrected chi connectivity index (χ4v) is 1.76. The van der Waals surface area contributed by atoms with Crippen molar-refractivity contribution in [2.75, 3.05) is 18.1 Å². The van der Waals surface area contributed by atoms with Crippen LogP contribution in [0.3, 0.4) is 0 Å². The molecule has 0 heterocycles. The minimum atomic E-state index is -0.790. The molecule has 3 nitrogen and oxygen atoms in total. The summed E-state index contributed by atoms with van der Waals surface area (Å²) in [6.45, 7) is 3.84. The number of hydrogen-bond acceptors (Lipinski definition) is 3. The van der Waals surface area contributed by atoms with Crippen molar-refractivity contribution in [2.45, 2.75) is 18.7 Å². The Balaban J connectivity index is 2.71. The summed E-state index contributed by atoms with van der Waals surface area (Å²) in [6.07, 6.45) is 2.00. The lowest BCUT2D eigenvalue weighted by Crippen LogP contribution is -2.31. The van der Waals surface area contributed by atoms with Crippen molar-refractivity contribution < 1.29 is 9.90 Å². The number of benzene rings is 1. The van der Waals surface area contributed by atoms with Gasteiger partial charge in [-0.1, -0.05) is 12.1 Å². The Kier molecular flexibility index (Phi) is 4.24. The molecule has 0 unspecified atom stereocenters. The van der Waals surface area contributed by atoms with E-state index in [1.807, 2.05) is 30.5 Å². The van der Waals surface area contributed by atoms with Crippen molar-refractivity contribution in [1.82, 2.24) is 0 Å².